The van der Waals surface area contributed by atoms with Gasteiger partial charge in [-0.25, -0.2) is 9.37 Å². The number of thiazole rings is 1. The molecule has 0 saturated carbocycles. The number of hydrogen-bond donors (Lipinski definition) is 1. The number of hydrogen-bond acceptors (Lipinski definition) is 4. The van der Waals surface area contributed by atoms with E-state index in [-0.39, 0.29) is 18.1 Å². The van der Waals surface area contributed by atoms with E-state index in [4.69, 9.17) is 4.74 Å². The maximum atomic E-state index is 13.6. The van der Waals surface area contributed by atoms with E-state index in [2.05, 4.69) is 10.3 Å². The lowest BCUT2D eigenvalue weighted by Gasteiger charge is -2.07. The topological polar surface area (TPSA) is 51.2 Å². The molecular formula is C19H17FN2O2S. The molecule has 128 valence electrons. The van der Waals surface area contributed by atoms with Crippen LogP contribution < -0.4 is 10.1 Å². The van der Waals surface area contributed by atoms with Crippen LogP contribution in [0, 0.1) is 5.82 Å². The molecule has 0 atom stereocenters. The second-order valence-electron chi connectivity index (χ2n) is 5.43. The molecule has 6 heteroatoms. The van der Waals surface area contributed by atoms with E-state index in [9.17, 15) is 9.18 Å². The van der Waals surface area contributed by atoms with Gasteiger partial charge in [0.2, 0.25) is 5.91 Å². The third-order valence-corrected chi connectivity index (χ3v) is 4.53. The number of aryl methyl sites for hydroxylation is 1. The second kappa shape index (κ2) is 7.90. The van der Waals surface area contributed by atoms with Gasteiger partial charge in [-0.2, -0.15) is 0 Å². The number of ether oxygens (including phenoxy) is 1. The number of anilines is 1. The quantitative estimate of drug-likeness (QED) is 0.706. The second-order valence-corrected chi connectivity index (χ2v) is 6.33. The molecule has 0 radical (unpaired) electrons. The third kappa shape index (κ3) is 4.42. The Bertz CT molecular complexity index is 848. The zero-order valence-corrected chi connectivity index (χ0v) is 14.5. The van der Waals surface area contributed by atoms with Crippen molar-refractivity contribution in [2.45, 2.75) is 12.8 Å². The number of halogens is 1. The Morgan fingerprint density at radius 1 is 1.24 bits per heavy atom. The number of nitrogens with one attached hydrogen (secondary N) is 1. The highest BCUT2D eigenvalue weighted by molar-refractivity contribution is 7.13. The minimum atomic E-state index is -0.418. The van der Waals surface area contributed by atoms with Gasteiger partial charge in [0.25, 0.3) is 0 Å². The molecule has 3 aromatic rings. The third-order valence-electron chi connectivity index (χ3n) is 3.70. The number of nitrogens with zero attached hydrogens (tertiary/aromatic N) is 1. The Balaban J connectivity index is 1.55. The molecule has 2 aromatic carbocycles. The first kappa shape index (κ1) is 17.1. The van der Waals surface area contributed by atoms with Crippen molar-refractivity contribution in [1.82, 2.24) is 4.98 Å². The summed E-state index contributed by atoms with van der Waals surface area (Å²) in [5.41, 5.74) is 2.50. The Morgan fingerprint density at radius 2 is 2.04 bits per heavy atom. The average molecular weight is 356 g/mol. The first-order valence-electron chi connectivity index (χ1n) is 7.78. The molecule has 0 aliphatic heterocycles. The zero-order valence-electron chi connectivity index (χ0n) is 13.7. The summed E-state index contributed by atoms with van der Waals surface area (Å²) in [6, 6.07) is 12.3. The fraction of sp³-hybridized carbons (Fsp3) is 0.158. The molecule has 1 N–H and O–H groups in total. The smallest absolute Gasteiger partial charge is 0.224 e. The molecule has 0 bridgehead atoms. The maximum absolute atomic E-state index is 13.6. The molecule has 0 aliphatic rings. The molecule has 1 heterocycles. The Kier molecular flexibility index (Phi) is 5.40. The van der Waals surface area contributed by atoms with E-state index >= 15 is 0 Å². The van der Waals surface area contributed by atoms with Gasteiger partial charge in [-0.1, -0.05) is 6.07 Å². The molecule has 1 amide bonds. The summed E-state index contributed by atoms with van der Waals surface area (Å²) >= 11 is 1.57. The van der Waals surface area contributed by atoms with Crippen LogP contribution in [-0.2, 0) is 11.2 Å². The predicted molar refractivity (Wildman–Crippen MR) is 97.5 cm³/mol. The molecule has 0 aliphatic carbocycles. The first-order valence-corrected chi connectivity index (χ1v) is 8.66. The normalized spacial score (nSPS) is 10.5. The number of carbonyl (C=O) groups is 1. The van der Waals surface area contributed by atoms with Crippen molar-refractivity contribution < 1.29 is 13.9 Å². The molecular weight excluding hydrogens is 339 g/mol. The molecule has 25 heavy (non-hydrogen) atoms. The van der Waals surface area contributed by atoms with Gasteiger partial charge >= 0.3 is 0 Å². The summed E-state index contributed by atoms with van der Waals surface area (Å²) in [6.07, 6.45) is 2.50. The highest BCUT2D eigenvalue weighted by Crippen LogP contribution is 2.23. The van der Waals surface area contributed by atoms with Gasteiger partial charge < -0.3 is 10.1 Å². The summed E-state index contributed by atoms with van der Waals surface area (Å²) < 4.78 is 18.5. The summed E-state index contributed by atoms with van der Waals surface area (Å²) in [5, 5.41) is 5.71. The van der Waals surface area contributed by atoms with Crippen LogP contribution in [0.25, 0.3) is 10.6 Å². The van der Waals surface area contributed by atoms with Crippen molar-refractivity contribution in [1.29, 1.82) is 0 Å². The molecule has 0 fully saturated rings. The lowest BCUT2D eigenvalue weighted by Crippen LogP contribution is -2.12. The largest absolute Gasteiger partial charge is 0.494 e. The maximum Gasteiger partial charge on any atom is 0.224 e. The number of carbonyl (C=O) groups excluding carboxylic acids is 1. The van der Waals surface area contributed by atoms with Crippen LogP contribution in [0.4, 0.5) is 10.1 Å². The van der Waals surface area contributed by atoms with E-state index < -0.39 is 5.82 Å². The van der Waals surface area contributed by atoms with Gasteiger partial charge in [-0.15, -0.1) is 11.3 Å². The molecule has 0 unspecified atom stereocenters. The Morgan fingerprint density at radius 3 is 2.68 bits per heavy atom. The van der Waals surface area contributed by atoms with E-state index in [0.29, 0.717) is 6.42 Å². The zero-order chi connectivity index (χ0) is 17.6. The Hall–Kier alpha value is -2.73. The van der Waals surface area contributed by atoms with Crippen molar-refractivity contribution in [3.8, 4) is 16.3 Å². The monoisotopic (exact) mass is 356 g/mol. The number of benzene rings is 2. The minimum absolute atomic E-state index is 0.113. The van der Waals surface area contributed by atoms with Crippen LogP contribution >= 0.6 is 11.3 Å². The molecule has 0 spiro atoms. The summed E-state index contributed by atoms with van der Waals surface area (Å²) in [5.74, 6) is -0.329. The van der Waals surface area contributed by atoms with E-state index in [0.717, 1.165) is 21.8 Å². The van der Waals surface area contributed by atoms with E-state index in [1.165, 1.54) is 13.2 Å². The number of aromatic nitrogens is 1. The van der Waals surface area contributed by atoms with Crippen molar-refractivity contribution in [2.75, 3.05) is 12.4 Å². The highest BCUT2D eigenvalue weighted by atomic mass is 32.1. The molecule has 1 aromatic heterocycles. The summed E-state index contributed by atoms with van der Waals surface area (Å²) in [7, 11) is 1.42. The Labute approximate surface area is 149 Å². The van der Waals surface area contributed by atoms with Gasteiger partial charge in [-0.3, -0.25) is 4.79 Å². The van der Waals surface area contributed by atoms with Gasteiger partial charge in [-0.05, 0) is 48.4 Å². The van der Waals surface area contributed by atoms with Crippen LogP contribution in [0.15, 0.2) is 54.0 Å². The van der Waals surface area contributed by atoms with Gasteiger partial charge in [0.1, 0.15) is 5.01 Å². The lowest BCUT2D eigenvalue weighted by atomic mass is 10.1. The summed E-state index contributed by atoms with van der Waals surface area (Å²) in [4.78, 5) is 16.3. The molecule has 0 saturated heterocycles. The van der Waals surface area contributed by atoms with Crippen molar-refractivity contribution >= 4 is 22.9 Å². The molecule has 4 nitrogen and oxygen atoms in total. The SMILES string of the molecule is COc1ccc(CCC(=O)Nc2ccc(-c3nccs3)cc2)cc1F. The standard InChI is InChI=1S/C19H17FN2O2S/c1-24-17-8-2-13(12-16(17)20)3-9-18(23)22-15-6-4-14(5-7-15)19-21-10-11-25-19/h2,4-8,10-12H,3,9H2,1H3,(H,22,23). The fourth-order valence-corrected chi connectivity index (χ4v) is 3.05. The predicted octanol–water partition coefficient (Wildman–Crippen LogP) is 4.53. The lowest BCUT2D eigenvalue weighted by molar-refractivity contribution is -0.116. The van der Waals surface area contributed by atoms with Crippen LogP contribution in [-0.4, -0.2) is 18.0 Å². The van der Waals surface area contributed by atoms with Crippen molar-refractivity contribution in [3.05, 3.63) is 65.4 Å². The first-order chi connectivity index (χ1) is 12.2. The van der Waals surface area contributed by atoms with Crippen LogP contribution in [0.2, 0.25) is 0 Å². The van der Waals surface area contributed by atoms with Crippen LogP contribution in [0.5, 0.6) is 5.75 Å². The van der Waals surface area contributed by atoms with Gasteiger partial charge in [0.15, 0.2) is 11.6 Å². The number of methoxy groups -OCH3 is 1. The molecule has 3 rings (SSSR count). The fourth-order valence-electron chi connectivity index (χ4n) is 2.41. The number of amides is 1. The van der Waals surface area contributed by atoms with Gasteiger partial charge in [0.05, 0.1) is 7.11 Å². The minimum Gasteiger partial charge on any atom is -0.494 e. The van der Waals surface area contributed by atoms with E-state index in [1.54, 1.807) is 29.7 Å². The van der Waals surface area contributed by atoms with Gasteiger partial charge in [0, 0.05) is 29.2 Å². The van der Waals surface area contributed by atoms with E-state index in [1.807, 2.05) is 29.6 Å². The summed E-state index contributed by atoms with van der Waals surface area (Å²) in [6.45, 7) is 0. The van der Waals surface area contributed by atoms with Crippen molar-refractivity contribution in [2.24, 2.45) is 0 Å². The average Bonchev–Trinajstić information content (AvgIpc) is 3.15. The van der Waals surface area contributed by atoms with Crippen LogP contribution in [0.1, 0.15) is 12.0 Å². The number of rotatable bonds is 6. The van der Waals surface area contributed by atoms with Crippen LogP contribution in [0.3, 0.4) is 0 Å². The van der Waals surface area contributed by atoms with Crippen molar-refractivity contribution in [3.63, 3.8) is 0 Å². The highest BCUT2D eigenvalue weighted by Gasteiger charge is 2.07.